The number of nitrogens with one attached hydrogen (secondary N) is 2. The summed E-state index contributed by atoms with van der Waals surface area (Å²) in [5.41, 5.74) is 4.98. The number of anilines is 1. The van der Waals surface area contributed by atoms with Crippen molar-refractivity contribution in [2.45, 2.75) is 18.9 Å². The minimum atomic E-state index is -1.08. The molecule has 4 rings (SSSR count). The molecule has 0 fully saturated rings. The zero-order chi connectivity index (χ0) is 24.1. The molecule has 0 saturated carbocycles. The molecule has 1 aliphatic carbocycles. The molecule has 1 atom stereocenters. The van der Waals surface area contributed by atoms with Crippen molar-refractivity contribution in [1.82, 2.24) is 5.32 Å². The topological polar surface area (TPSA) is 114 Å². The summed E-state index contributed by atoms with van der Waals surface area (Å²) in [7, 11) is 0. The molecule has 0 bridgehead atoms. The molecule has 0 radical (unpaired) electrons. The molecule has 0 aliphatic heterocycles. The van der Waals surface area contributed by atoms with Gasteiger partial charge in [-0.2, -0.15) is 0 Å². The van der Waals surface area contributed by atoms with E-state index in [0.29, 0.717) is 11.4 Å². The van der Waals surface area contributed by atoms with Crippen molar-refractivity contribution < 1.29 is 29.0 Å². The van der Waals surface area contributed by atoms with Gasteiger partial charge < -0.3 is 25.2 Å². The molecular weight excluding hydrogens is 436 g/mol. The lowest BCUT2D eigenvalue weighted by Gasteiger charge is -2.17. The fourth-order valence-electron chi connectivity index (χ4n) is 3.91. The number of amides is 2. The maximum absolute atomic E-state index is 12.4. The predicted octanol–water partition coefficient (Wildman–Crippen LogP) is 4.02. The highest BCUT2D eigenvalue weighted by Crippen LogP contribution is 2.44. The highest BCUT2D eigenvalue weighted by atomic mass is 16.5. The third kappa shape index (κ3) is 5.17. The molecular formula is C26H24N2O6. The lowest BCUT2D eigenvalue weighted by Crippen LogP contribution is -2.42. The van der Waals surface area contributed by atoms with Gasteiger partial charge in [-0.25, -0.2) is 9.59 Å². The number of fused-ring (bicyclic) bond motifs is 3. The number of alkyl carbamates (subject to hydrolysis) is 1. The van der Waals surface area contributed by atoms with Crippen LogP contribution in [0.15, 0.2) is 72.8 Å². The van der Waals surface area contributed by atoms with Crippen molar-refractivity contribution in [3.63, 3.8) is 0 Å². The first-order valence-electron chi connectivity index (χ1n) is 10.8. The Hall–Kier alpha value is -4.33. The third-order valence-electron chi connectivity index (χ3n) is 5.56. The summed E-state index contributed by atoms with van der Waals surface area (Å²) in [5.74, 6) is -1.20. The summed E-state index contributed by atoms with van der Waals surface area (Å²) < 4.78 is 10.5. The zero-order valence-corrected chi connectivity index (χ0v) is 18.5. The van der Waals surface area contributed by atoms with E-state index in [0.717, 1.165) is 22.3 Å². The Morgan fingerprint density at radius 1 is 0.912 bits per heavy atom. The van der Waals surface area contributed by atoms with Crippen LogP contribution in [0, 0.1) is 0 Å². The molecule has 2 amide bonds. The van der Waals surface area contributed by atoms with Crippen molar-refractivity contribution in [2.75, 3.05) is 18.5 Å². The van der Waals surface area contributed by atoms with Crippen LogP contribution in [0.1, 0.15) is 24.0 Å². The fraction of sp³-hybridized carbons (Fsp3) is 0.192. The van der Waals surface area contributed by atoms with Gasteiger partial charge in [-0.05, 0) is 53.4 Å². The first-order chi connectivity index (χ1) is 16.4. The van der Waals surface area contributed by atoms with Gasteiger partial charge in [0.25, 0.3) is 0 Å². The average molecular weight is 460 g/mol. The van der Waals surface area contributed by atoms with Crippen LogP contribution in [0.4, 0.5) is 10.5 Å². The standard InChI is InChI=1S/C26H24N2O6/c1-16(25(31)28-17-10-12-18(13-11-17)33-15-24(29)30)27-26(32)34-14-23-21-8-4-2-6-19(21)20-7-3-5-9-22(20)23/h2-13,16,23H,14-15H2,1H3,(H,27,32)(H,28,31)(H,29,30)/t16-/m0/s1. The molecule has 3 aromatic carbocycles. The van der Waals surface area contributed by atoms with Crippen molar-refractivity contribution in [1.29, 1.82) is 0 Å². The first-order valence-corrected chi connectivity index (χ1v) is 10.8. The number of carboxylic acid groups (broad SMARTS) is 1. The van der Waals surface area contributed by atoms with Crippen LogP contribution in [-0.4, -0.2) is 42.3 Å². The summed E-state index contributed by atoms with van der Waals surface area (Å²) >= 11 is 0. The summed E-state index contributed by atoms with van der Waals surface area (Å²) in [6, 6.07) is 21.5. The Labute approximate surface area is 196 Å². The van der Waals surface area contributed by atoms with Crippen LogP contribution in [-0.2, 0) is 14.3 Å². The third-order valence-corrected chi connectivity index (χ3v) is 5.56. The summed E-state index contributed by atoms with van der Waals surface area (Å²) in [5, 5.41) is 13.9. The molecule has 1 aliphatic rings. The number of carbonyl (C=O) groups excluding carboxylic acids is 2. The van der Waals surface area contributed by atoms with Gasteiger partial charge in [0, 0.05) is 11.6 Å². The monoisotopic (exact) mass is 460 g/mol. The van der Waals surface area contributed by atoms with Gasteiger partial charge in [0.15, 0.2) is 6.61 Å². The number of rotatable bonds is 8. The number of carbonyl (C=O) groups is 3. The van der Waals surface area contributed by atoms with E-state index in [9.17, 15) is 14.4 Å². The van der Waals surface area contributed by atoms with E-state index in [-0.39, 0.29) is 12.5 Å². The molecule has 0 spiro atoms. The fourth-order valence-corrected chi connectivity index (χ4v) is 3.91. The Bertz CT molecular complexity index is 1160. The minimum Gasteiger partial charge on any atom is -0.482 e. The molecule has 174 valence electrons. The summed E-state index contributed by atoms with van der Waals surface area (Å²) in [6.07, 6.45) is -0.679. The average Bonchev–Trinajstić information content (AvgIpc) is 3.16. The molecule has 0 heterocycles. The van der Waals surface area contributed by atoms with Crippen LogP contribution < -0.4 is 15.4 Å². The number of aliphatic carboxylic acids is 1. The highest BCUT2D eigenvalue weighted by molar-refractivity contribution is 5.96. The number of benzene rings is 3. The SMILES string of the molecule is C[C@H](NC(=O)OCC1c2ccccc2-c2ccccc21)C(=O)Nc1ccc(OCC(=O)O)cc1. The molecule has 8 nitrogen and oxygen atoms in total. The van der Waals surface area contributed by atoms with Gasteiger partial charge in [-0.3, -0.25) is 4.79 Å². The van der Waals surface area contributed by atoms with Crippen LogP contribution in [0.25, 0.3) is 11.1 Å². The Morgan fingerprint density at radius 3 is 2.09 bits per heavy atom. The predicted molar refractivity (Wildman–Crippen MR) is 126 cm³/mol. The molecule has 0 saturated heterocycles. The van der Waals surface area contributed by atoms with E-state index in [1.54, 1.807) is 31.2 Å². The minimum absolute atomic E-state index is 0.0656. The van der Waals surface area contributed by atoms with Gasteiger partial charge in [0.2, 0.25) is 5.91 Å². The van der Waals surface area contributed by atoms with Gasteiger partial charge in [-0.1, -0.05) is 48.5 Å². The molecule has 34 heavy (non-hydrogen) atoms. The zero-order valence-electron chi connectivity index (χ0n) is 18.5. The van der Waals surface area contributed by atoms with Gasteiger partial charge >= 0.3 is 12.1 Å². The lowest BCUT2D eigenvalue weighted by molar-refractivity contribution is -0.139. The number of hydrogen-bond acceptors (Lipinski definition) is 5. The quantitative estimate of drug-likeness (QED) is 0.468. The molecule has 3 N–H and O–H groups in total. The Morgan fingerprint density at radius 2 is 1.50 bits per heavy atom. The largest absolute Gasteiger partial charge is 0.482 e. The number of ether oxygens (including phenoxy) is 2. The van der Waals surface area contributed by atoms with Crippen molar-refractivity contribution in [2.24, 2.45) is 0 Å². The number of carboxylic acids is 1. The molecule has 8 heteroatoms. The first kappa shape index (κ1) is 22.8. The Balaban J connectivity index is 1.29. The van der Waals surface area contributed by atoms with Crippen molar-refractivity contribution in [3.8, 4) is 16.9 Å². The van der Waals surface area contributed by atoms with Crippen LogP contribution in [0.2, 0.25) is 0 Å². The lowest BCUT2D eigenvalue weighted by atomic mass is 9.98. The highest BCUT2D eigenvalue weighted by Gasteiger charge is 2.29. The van der Waals surface area contributed by atoms with E-state index in [4.69, 9.17) is 14.6 Å². The van der Waals surface area contributed by atoms with Gasteiger partial charge in [0.05, 0.1) is 0 Å². The van der Waals surface area contributed by atoms with E-state index >= 15 is 0 Å². The molecule has 0 aromatic heterocycles. The summed E-state index contributed by atoms with van der Waals surface area (Å²) in [6.45, 7) is 1.26. The Kier molecular flexibility index (Phi) is 6.77. The van der Waals surface area contributed by atoms with Crippen molar-refractivity contribution >= 4 is 23.7 Å². The van der Waals surface area contributed by atoms with Crippen LogP contribution in [0.3, 0.4) is 0 Å². The van der Waals surface area contributed by atoms with Crippen LogP contribution in [0.5, 0.6) is 5.75 Å². The second kappa shape index (κ2) is 10.1. The maximum Gasteiger partial charge on any atom is 0.407 e. The normalized spacial score (nSPS) is 12.7. The van der Waals surface area contributed by atoms with Gasteiger partial charge in [-0.15, -0.1) is 0 Å². The second-order valence-corrected chi connectivity index (χ2v) is 7.89. The second-order valence-electron chi connectivity index (χ2n) is 7.89. The van der Waals surface area contributed by atoms with Crippen molar-refractivity contribution in [3.05, 3.63) is 83.9 Å². The molecule has 0 unspecified atom stereocenters. The maximum atomic E-state index is 12.4. The van der Waals surface area contributed by atoms with E-state index in [2.05, 4.69) is 22.8 Å². The van der Waals surface area contributed by atoms with E-state index < -0.39 is 30.6 Å². The molecule has 3 aromatic rings. The number of hydrogen-bond donors (Lipinski definition) is 3. The van der Waals surface area contributed by atoms with Crippen LogP contribution >= 0.6 is 0 Å². The van der Waals surface area contributed by atoms with Gasteiger partial charge in [0.1, 0.15) is 18.4 Å². The van der Waals surface area contributed by atoms with E-state index in [1.807, 2.05) is 36.4 Å². The van der Waals surface area contributed by atoms with E-state index in [1.165, 1.54) is 0 Å². The summed E-state index contributed by atoms with van der Waals surface area (Å²) in [4.78, 5) is 35.4. The smallest absolute Gasteiger partial charge is 0.407 e.